The van der Waals surface area contributed by atoms with E-state index in [4.69, 9.17) is 16.3 Å². The molecule has 3 aromatic carbocycles. The van der Waals surface area contributed by atoms with Crippen LogP contribution in [0.1, 0.15) is 24.0 Å². The van der Waals surface area contributed by atoms with Crippen LogP contribution in [0.25, 0.3) is 0 Å². The van der Waals surface area contributed by atoms with Gasteiger partial charge in [-0.05, 0) is 42.2 Å². The van der Waals surface area contributed by atoms with Gasteiger partial charge in [-0.25, -0.2) is 0 Å². The third kappa shape index (κ3) is 5.80. The Morgan fingerprint density at radius 1 is 1.00 bits per heavy atom. The molecule has 0 aromatic heterocycles. The summed E-state index contributed by atoms with van der Waals surface area (Å²) < 4.78 is 5.96. The van der Waals surface area contributed by atoms with Crippen LogP contribution in [0.4, 0.5) is 5.69 Å². The Labute approximate surface area is 188 Å². The lowest BCUT2D eigenvalue weighted by atomic mass is 10.1. The van der Waals surface area contributed by atoms with Gasteiger partial charge in [0.1, 0.15) is 12.4 Å². The van der Waals surface area contributed by atoms with Crippen LogP contribution in [0.5, 0.6) is 5.75 Å². The molecule has 4 nitrogen and oxygen atoms in total. The van der Waals surface area contributed by atoms with Crippen molar-refractivity contribution < 1.29 is 9.53 Å². The topological polar surface area (TPSA) is 41.6 Å². The van der Waals surface area contributed by atoms with Crippen LogP contribution in [0.3, 0.4) is 0 Å². The molecule has 0 bridgehead atoms. The molecule has 31 heavy (non-hydrogen) atoms. The number of carbonyl (C=O) groups excluding carboxylic acids is 1. The van der Waals surface area contributed by atoms with Crippen molar-refractivity contribution in [2.45, 2.75) is 31.8 Å². The van der Waals surface area contributed by atoms with Crippen molar-refractivity contribution in [2.75, 3.05) is 18.1 Å². The summed E-state index contributed by atoms with van der Waals surface area (Å²) in [6.45, 7) is 1.84. The van der Waals surface area contributed by atoms with E-state index in [2.05, 4.69) is 34.5 Å². The van der Waals surface area contributed by atoms with E-state index >= 15 is 0 Å². The summed E-state index contributed by atoms with van der Waals surface area (Å²) >= 11 is 6.27. The second-order valence-electron chi connectivity index (χ2n) is 7.83. The molecule has 5 heteroatoms. The number of hydrogen-bond acceptors (Lipinski definition) is 3. The number of rotatable bonds is 8. The summed E-state index contributed by atoms with van der Waals surface area (Å²) in [4.78, 5) is 14.9. The van der Waals surface area contributed by atoms with Gasteiger partial charge in [-0.2, -0.15) is 0 Å². The number of ether oxygens (including phenoxy) is 1. The van der Waals surface area contributed by atoms with Crippen LogP contribution in [0.2, 0.25) is 5.02 Å². The van der Waals surface area contributed by atoms with Crippen molar-refractivity contribution >= 4 is 23.2 Å². The molecule has 1 N–H and O–H groups in total. The molecule has 1 atom stereocenters. The van der Waals surface area contributed by atoms with Gasteiger partial charge in [-0.15, -0.1) is 0 Å². The number of carbonyl (C=O) groups is 1. The van der Waals surface area contributed by atoms with Crippen molar-refractivity contribution in [3.05, 3.63) is 95.0 Å². The van der Waals surface area contributed by atoms with E-state index in [1.165, 1.54) is 11.1 Å². The molecule has 0 radical (unpaired) electrons. The number of aryl methyl sites for hydroxylation is 1. The average Bonchev–Trinajstić information content (AvgIpc) is 2.80. The summed E-state index contributed by atoms with van der Waals surface area (Å²) in [7, 11) is 0. The predicted molar refractivity (Wildman–Crippen MR) is 126 cm³/mol. The van der Waals surface area contributed by atoms with Gasteiger partial charge in [-0.1, -0.05) is 72.3 Å². The highest BCUT2D eigenvalue weighted by molar-refractivity contribution is 6.31. The van der Waals surface area contributed by atoms with Crippen LogP contribution < -0.4 is 15.0 Å². The van der Waals surface area contributed by atoms with E-state index < -0.39 is 0 Å². The maximum Gasteiger partial charge on any atom is 0.222 e. The van der Waals surface area contributed by atoms with Crippen molar-refractivity contribution in [1.29, 1.82) is 0 Å². The minimum Gasteiger partial charge on any atom is -0.489 e. The van der Waals surface area contributed by atoms with Crippen molar-refractivity contribution in [2.24, 2.45) is 0 Å². The Hall–Kier alpha value is -2.98. The molecule has 1 aliphatic heterocycles. The summed E-state index contributed by atoms with van der Waals surface area (Å²) in [5.74, 6) is 0.852. The van der Waals surface area contributed by atoms with Gasteiger partial charge in [-0.3, -0.25) is 4.79 Å². The number of amides is 1. The third-order valence-electron chi connectivity index (χ3n) is 5.53. The van der Waals surface area contributed by atoms with E-state index in [-0.39, 0.29) is 11.9 Å². The number of benzene rings is 3. The van der Waals surface area contributed by atoms with Gasteiger partial charge in [0.2, 0.25) is 5.91 Å². The first-order valence-corrected chi connectivity index (χ1v) is 11.1. The maximum atomic E-state index is 12.7. The number of nitrogens with one attached hydrogen (secondary N) is 1. The van der Waals surface area contributed by atoms with Crippen LogP contribution in [-0.4, -0.2) is 25.1 Å². The fourth-order valence-corrected chi connectivity index (χ4v) is 4.09. The lowest BCUT2D eigenvalue weighted by molar-refractivity contribution is -0.121. The molecular weight excluding hydrogens is 408 g/mol. The van der Waals surface area contributed by atoms with Crippen molar-refractivity contribution in [3.8, 4) is 5.75 Å². The zero-order chi connectivity index (χ0) is 21.5. The average molecular weight is 435 g/mol. The highest BCUT2D eigenvalue weighted by Gasteiger charge is 2.29. The quantitative estimate of drug-likeness (QED) is 0.492. The zero-order valence-corrected chi connectivity index (χ0v) is 18.2. The van der Waals surface area contributed by atoms with E-state index in [0.717, 1.165) is 24.3 Å². The first-order chi connectivity index (χ1) is 15.2. The van der Waals surface area contributed by atoms with Crippen LogP contribution in [0.15, 0.2) is 78.9 Å². The van der Waals surface area contributed by atoms with Gasteiger partial charge in [0.15, 0.2) is 0 Å². The number of nitrogens with zero attached hydrogens (tertiary/aromatic N) is 1. The predicted octanol–water partition coefficient (Wildman–Crippen LogP) is 5.25. The molecule has 3 aromatic rings. The second-order valence-corrected chi connectivity index (χ2v) is 8.27. The molecule has 1 heterocycles. The monoisotopic (exact) mass is 434 g/mol. The van der Waals surface area contributed by atoms with E-state index in [1.54, 1.807) is 0 Å². The third-order valence-corrected chi connectivity index (χ3v) is 5.76. The molecule has 4 rings (SSSR count). The molecular formula is C26H27ClN2O2. The van der Waals surface area contributed by atoms with Gasteiger partial charge in [0.05, 0.1) is 18.2 Å². The zero-order valence-electron chi connectivity index (χ0n) is 17.5. The van der Waals surface area contributed by atoms with Gasteiger partial charge in [0, 0.05) is 18.1 Å². The van der Waals surface area contributed by atoms with E-state index in [1.807, 2.05) is 54.6 Å². The Balaban J connectivity index is 1.39. The van der Waals surface area contributed by atoms with E-state index in [9.17, 15) is 4.79 Å². The lowest BCUT2D eigenvalue weighted by Crippen LogP contribution is -2.45. The van der Waals surface area contributed by atoms with Crippen LogP contribution >= 0.6 is 11.6 Å². The first-order valence-electron chi connectivity index (χ1n) is 10.7. The minimum absolute atomic E-state index is 0.0465. The molecule has 0 spiro atoms. The Bertz CT molecular complexity index is 995. The summed E-state index contributed by atoms with van der Waals surface area (Å²) in [6, 6.07) is 26.2. The van der Waals surface area contributed by atoms with Crippen LogP contribution in [0, 0.1) is 0 Å². The Morgan fingerprint density at radius 2 is 1.71 bits per heavy atom. The lowest BCUT2D eigenvalue weighted by Gasteiger charge is -2.38. The molecule has 0 aliphatic carbocycles. The van der Waals surface area contributed by atoms with Gasteiger partial charge in [0.25, 0.3) is 0 Å². The molecule has 0 unspecified atom stereocenters. The van der Waals surface area contributed by atoms with Crippen molar-refractivity contribution in [1.82, 2.24) is 5.32 Å². The molecule has 1 amide bonds. The van der Waals surface area contributed by atoms with E-state index in [0.29, 0.717) is 31.1 Å². The summed E-state index contributed by atoms with van der Waals surface area (Å²) in [6.07, 6.45) is 2.26. The minimum atomic E-state index is -0.0553. The highest BCUT2D eigenvalue weighted by atomic mass is 35.5. The second kappa shape index (κ2) is 10.4. The van der Waals surface area contributed by atoms with Gasteiger partial charge >= 0.3 is 0 Å². The fourth-order valence-electron chi connectivity index (χ4n) is 3.92. The number of halogens is 1. The smallest absolute Gasteiger partial charge is 0.222 e. The fraction of sp³-hybridized carbons (Fsp3) is 0.269. The first kappa shape index (κ1) is 21.3. The summed E-state index contributed by atoms with van der Waals surface area (Å²) in [5, 5.41) is 3.73. The van der Waals surface area contributed by atoms with Crippen LogP contribution in [-0.2, 0) is 17.8 Å². The standard InChI is InChI=1S/C26H27ClN2O2/c27-22-13-14-25-24(16-22)29(18-21-10-5-2-6-11-21)23(19-31-25)17-26(30)28-15-7-12-20-8-3-1-4-9-20/h1-6,8-11,13-14,16,23H,7,12,15,17-19H2,(H,28,30)/t23-/m0/s1. The normalized spacial score (nSPS) is 15.1. The number of hydrogen-bond donors (Lipinski definition) is 1. The van der Waals surface area contributed by atoms with Crippen molar-refractivity contribution in [3.63, 3.8) is 0 Å². The molecule has 0 saturated carbocycles. The van der Waals surface area contributed by atoms with Gasteiger partial charge < -0.3 is 15.0 Å². The Kier molecular flexibility index (Phi) is 7.11. The SMILES string of the molecule is O=C(C[C@H]1COc2ccc(Cl)cc2N1Cc1ccccc1)NCCCc1ccccc1. The molecule has 0 fully saturated rings. The number of fused-ring (bicyclic) bond motifs is 1. The maximum absolute atomic E-state index is 12.7. The molecule has 1 aliphatic rings. The summed E-state index contributed by atoms with van der Waals surface area (Å²) in [5.41, 5.74) is 3.41. The highest BCUT2D eigenvalue weighted by Crippen LogP contribution is 2.37. The number of anilines is 1. The Morgan fingerprint density at radius 3 is 2.45 bits per heavy atom. The molecule has 160 valence electrons. The largest absolute Gasteiger partial charge is 0.489 e. The molecule has 0 saturated heterocycles.